The Morgan fingerprint density at radius 2 is 1.94 bits per heavy atom. The van der Waals surface area contributed by atoms with Gasteiger partial charge in [0.2, 0.25) is 5.95 Å². The van der Waals surface area contributed by atoms with Crippen molar-refractivity contribution < 1.29 is 5.11 Å². The largest absolute Gasteiger partial charge is 0.390 e. The summed E-state index contributed by atoms with van der Waals surface area (Å²) in [5.74, 6) is 3.00. The lowest BCUT2D eigenvalue weighted by molar-refractivity contribution is 0.0130. The molecule has 1 unspecified atom stereocenters. The molecule has 2 fully saturated rings. The van der Waals surface area contributed by atoms with Crippen LogP contribution in [-0.4, -0.2) is 43.7 Å². The molecule has 1 atom stereocenters. The van der Waals surface area contributed by atoms with Gasteiger partial charge in [-0.15, -0.1) is 11.3 Å². The molecule has 3 aromatic heterocycles. The number of pyridine rings is 1. The van der Waals surface area contributed by atoms with E-state index in [0.29, 0.717) is 11.9 Å². The van der Waals surface area contributed by atoms with Crippen LogP contribution in [0.15, 0.2) is 12.3 Å². The van der Waals surface area contributed by atoms with Crippen LogP contribution in [0, 0.1) is 18.8 Å². The third kappa shape index (κ3) is 5.18. The predicted octanol–water partition coefficient (Wildman–Crippen LogP) is 5.76. The van der Waals surface area contributed by atoms with E-state index in [1.807, 2.05) is 27.0 Å². The molecule has 0 bridgehead atoms. The van der Waals surface area contributed by atoms with Crippen molar-refractivity contribution in [3.63, 3.8) is 0 Å². The van der Waals surface area contributed by atoms with Gasteiger partial charge in [-0.3, -0.25) is 4.98 Å². The Bertz CT molecular complexity index is 1160. The Balaban J connectivity index is 1.46. The van der Waals surface area contributed by atoms with E-state index in [4.69, 9.17) is 15.0 Å². The minimum absolute atomic E-state index is 0.216. The van der Waals surface area contributed by atoms with Crippen molar-refractivity contribution in [2.45, 2.75) is 77.7 Å². The fraction of sp³-hybridized carbons (Fsp3) is 0.615. The van der Waals surface area contributed by atoms with Gasteiger partial charge in [0.25, 0.3) is 0 Å². The van der Waals surface area contributed by atoms with Crippen molar-refractivity contribution in [1.29, 1.82) is 0 Å². The molecular weight excluding hydrogens is 444 g/mol. The molecule has 8 heteroatoms. The number of aliphatic hydroxyl groups is 1. The number of hydrogen-bond donors (Lipinski definition) is 3. The molecule has 2 aliphatic carbocycles. The number of fused-ring (bicyclic) bond motifs is 1. The average molecular weight is 481 g/mol. The third-order valence-electron chi connectivity index (χ3n) is 7.13. The molecule has 0 radical (unpaired) electrons. The lowest BCUT2D eigenvalue weighted by atomic mass is 9.86. The van der Waals surface area contributed by atoms with Gasteiger partial charge in [-0.25, -0.2) is 9.97 Å². The number of nitrogens with one attached hydrogen (secondary N) is 2. The molecule has 5 rings (SSSR count). The van der Waals surface area contributed by atoms with Crippen molar-refractivity contribution in [3.05, 3.63) is 23.7 Å². The maximum absolute atomic E-state index is 10.5. The summed E-state index contributed by atoms with van der Waals surface area (Å²) in [6, 6.07) is 2.06. The molecule has 0 spiro atoms. The molecular formula is C26H36N6OS. The number of aryl methyl sites for hydroxylation is 1. The van der Waals surface area contributed by atoms with Gasteiger partial charge >= 0.3 is 0 Å². The molecule has 3 N–H and O–H groups in total. The summed E-state index contributed by atoms with van der Waals surface area (Å²) < 4.78 is 1.17. The van der Waals surface area contributed by atoms with Crippen LogP contribution in [0.25, 0.3) is 20.8 Å². The van der Waals surface area contributed by atoms with E-state index >= 15 is 0 Å². The topological polar surface area (TPSA) is 95.9 Å². The summed E-state index contributed by atoms with van der Waals surface area (Å²) in [7, 11) is 0. The first kappa shape index (κ1) is 23.4. The highest BCUT2D eigenvalue weighted by molar-refractivity contribution is 7.21. The first-order chi connectivity index (χ1) is 16.3. The fourth-order valence-corrected chi connectivity index (χ4v) is 5.72. The summed E-state index contributed by atoms with van der Waals surface area (Å²) in [6.07, 6.45) is 8.69. The summed E-state index contributed by atoms with van der Waals surface area (Å²) in [5, 5.41) is 18.4. The zero-order valence-corrected chi connectivity index (χ0v) is 21.5. The SMILES string of the molecule is CCC(CCNc1nc(NCC2CC2)nc(C)c1-c1nc2c(C3CC3)nccc2s1)C(C)(C)O. The van der Waals surface area contributed by atoms with Gasteiger partial charge in [0, 0.05) is 25.2 Å². The van der Waals surface area contributed by atoms with Crippen molar-refractivity contribution in [1.82, 2.24) is 19.9 Å². The average Bonchev–Trinajstić information content (AvgIpc) is 3.71. The second kappa shape index (κ2) is 9.38. The van der Waals surface area contributed by atoms with Crippen molar-refractivity contribution in [3.8, 4) is 10.6 Å². The minimum atomic E-state index is -0.697. The maximum atomic E-state index is 10.5. The molecule has 0 amide bonds. The highest BCUT2D eigenvalue weighted by atomic mass is 32.1. The molecule has 34 heavy (non-hydrogen) atoms. The van der Waals surface area contributed by atoms with Crippen LogP contribution in [0.1, 0.15) is 76.6 Å². The predicted molar refractivity (Wildman–Crippen MR) is 140 cm³/mol. The normalized spacial score (nSPS) is 17.2. The van der Waals surface area contributed by atoms with Crippen LogP contribution in [0.5, 0.6) is 0 Å². The molecule has 0 aliphatic heterocycles. The molecule has 2 aliphatic rings. The van der Waals surface area contributed by atoms with E-state index in [1.54, 1.807) is 11.3 Å². The summed E-state index contributed by atoms with van der Waals surface area (Å²) in [5.41, 5.74) is 3.35. The zero-order valence-electron chi connectivity index (χ0n) is 20.7. The highest BCUT2D eigenvalue weighted by Gasteiger charge is 2.29. The number of thiazole rings is 1. The van der Waals surface area contributed by atoms with E-state index in [9.17, 15) is 5.11 Å². The highest BCUT2D eigenvalue weighted by Crippen LogP contribution is 2.44. The lowest BCUT2D eigenvalue weighted by Crippen LogP contribution is -2.31. The van der Waals surface area contributed by atoms with Crippen LogP contribution in [0.4, 0.5) is 11.8 Å². The number of aromatic nitrogens is 4. The number of nitrogens with zero attached hydrogens (tertiary/aromatic N) is 4. The monoisotopic (exact) mass is 480 g/mol. The van der Waals surface area contributed by atoms with E-state index < -0.39 is 5.60 Å². The first-order valence-electron chi connectivity index (χ1n) is 12.7. The zero-order chi connectivity index (χ0) is 23.9. The third-order valence-corrected chi connectivity index (χ3v) is 8.16. The molecule has 2 saturated carbocycles. The van der Waals surface area contributed by atoms with Crippen LogP contribution >= 0.6 is 11.3 Å². The lowest BCUT2D eigenvalue weighted by Gasteiger charge is -2.28. The first-order valence-corrected chi connectivity index (χ1v) is 13.5. The molecule has 3 aromatic rings. The summed E-state index contributed by atoms with van der Waals surface area (Å²) >= 11 is 1.69. The van der Waals surface area contributed by atoms with Gasteiger partial charge < -0.3 is 15.7 Å². The second-order valence-electron chi connectivity index (χ2n) is 10.5. The van der Waals surface area contributed by atoms with Gasteiger partial charge in [-0.1, -0.05) is 13.3 Å². The van der Waals surface area contributed by atoms with Crippen molar-refractivity contribution in [2.75, 3.05) is 23.7 Å². The fourth-order valence-electron chi connectivity index (χ4n) is 4.65. The Labute approximate surface area is 205 Å². The van der Waals surface area contributed by atoms with E-state index in [0.717, 1.165) is 65.1 Å². The number of rotatable bonds is 11. The Morgan fingerprint density at radius 1 is 1.15 bits per heavy atom. The van der Waals surface area contributed by atoms with Crippen LogP contribution in [-0.2, 0) is 0 Å². The Hall–Kier alpha value is -2.32. The van der Waals surface area contributed by atoms with Gasteiger partial charge in [-0.05, 0) is 70.8 Å². The molecule has 7 nitrogen and oxygen atoms in total. The molecule has 0 saturated heterocycles. The quantitative estimate of drug-likeness (QED) is 0.321. The van der Waals surface area contributed by atoms with Crippen LogP contribution in [0.3, 0.4) is 0 Å². The van der Waals surface area contributed by atoms with Gasteiger partial charge in [0.1, 0.15) is 16.3 Å². The van der Waals surface area contributed by atoms with Crippen molar-refractivity contribution in [2.24, 2.45) is 11.8 Å². The van der Waals surface area contributed by atoms with E-state index in [1.165, 1.54) is 30.4 Å². The van der Waals surface area contributed by atoms with Crippen LogP contribution in [0.2, 0.25) is 0 Å². The Morgan fingerprint density at radius 3 is 2.62 bits per heavy atom. The minimum Gasteiger partial charge on any atom is -0.390 e. The number of hydrogen-bond acceptors (Lipinski definition) is 8. The van der Waals surface area contributed by atoms with Crippen molar-refractivity contribution >= 4 is 33.3 Å². The van der Waals surface area contributed by atoms with Gasteiger partial charge in [0.15, 0.2) is 0 Å². The maximum Gasteiger partial charge on any atom is 0.224 e. The van der Waals surface area contributed by atoms with Gasteiger partial charge in [0.05, 0.1) is 27.3 Å². The van der Waals surface area contributed by atoms with E-state index in [-0.39, 0.29) is 5.92 Å². The van der Waals surface area contributed by atoms with Crippen LogP contribution < -0.4 is 10.6 Å². The second-order valence-corrected chi connectivity index (χ2v) is 11.5. The standard InChI is InChI=1S/C26H36N6OS/c1-5-18(26(3,4)33)10-12-28-23-20(15(2)30-25(32-23)29-14-16-6-7-16)24-31-22-19(34-24)11-13-27-21(22)17-8-9-17/h11,13,16-18,33H,5-10,12,14H2,1-4H3,(H2,28,29,30,32). The Kier molecular flexibility index (Phi) is 6.46. The van der Waals surface area contributed by atoms with E-state index in [2.05, 4.69) is 28.6 Å². The molecule has 0 aromatic carbocycles. The summed E-state index contributed by atoms with van der Waals surface area (Å²) in [4.78, 5) is 19.4. The molecule has 3 heterocycles. The smallest absolute Gasteiger partial charge is 0.224 e. The molecule has 182 valence electrons. The summed E-state index contributed by atoms with van der Waals surface area (Å²) in [6.45, 7) is 9.62. The van der Waals surface area contributed by atoms with Gasteiger partial charge in [-0.2, -0.15) is 4.98 Å². The number of anilines is 2.